The molecule has 76 valence electrons. The molecule has 0 amide bonds. The third kappa shape index (κ3) is 3.38. The minimum absolute atomic E-state index is 0.530. The quantitative estimate of drug-likeness (QED) is 0.823. The van der Waals surface area contributed by atoms with Crippen LogP contribution < -0.4 is 5.73 Å². The van der Waals surface area contributed by atoms with Crippen molar-refractivity contribution in [3.63, 3.8) is 0 Å². The van der Waals surface area contributed by atoms with E-state index in [-0.39, 0.29) is 0 Å². The highest BCUT2D eigenvalue weighted by Crippen LogP contribution is 2.16. The summed E-state index contributed by atoms with van der Waals surface area (Å²) < 4.78 is 2.67. The standard InChI is InChI=1S/C9H13BrN4/c10-8-7-14(13-9(8)12)6-4-2-1-3-5-11/h7H,1-4,6H2,(H2,12,13). The lowest BCUT2D eigenvalue weighted by molar-refractivity contribution is 0.548. The second-order valence-electron chi connectivity index (χ2n) is 3.09. The molecule has 1 aromatic heterocycles. The fourth-order valence-electron chi connectivity index (χ4n) is 1.18. The van der Waals surface area contributed by atoms with Gasteiger partial charge in [0.15, 0.2) is 5.82 Å². The summed E-state index contributed by atoms with van der Waals surface area (Å²) in [7, 11) is 0. The Morgan fingerprint density at radius 2 is 2.29 bits per heavy atom. The van der Waals surface area contributed by atoms with Crippen molar-refractivity contribution >= 4 is 21.7 Å². The SMILES string of the molecule is N#CCCCCCn1cc(Br)c(N)n1. The maximum atomic E-state index is 8.33. The average molecular weight is 257 g/mol. The zero-order valence-corrected chi connectivity index (χ0v) is 9.50. The van der Waals surface area contributed by atoms with Crippen LogP contribution in [0.1, 0.15) is 25.7 Å². The van der Waals surface area contributed by atoms with Crippen molar-refractivity contribution in [2.45, 2.75) is 32.2 Å². The Kier molecular flexibility index (Phi) is 4.47. The van der Waals surface area contributed by atoms with E-state index in [0.29, 0.717) is 12.2 Å². The lowest BCUT2D eigenvalue weighted by Crippen LogP contribution is -1.99. The van der Waals surface area contributed by atoms with Gasteiger partial charge in [0.2, 0.25) is 0 Å². The van der Waals surface area contributed by atoms with Gasteiger partial charge in [-0.3, -0.25) is 4.68 Å². The number of hydrogen-bond donors (Lipinski definition) is 1. The van der Waals surface area contributed by atoms with Crippen molar-refractivity contribution < 1.29 is 0 Å². The monoisotopic (exact) mass is 256 g/mol. The highest BCUT2D eigenvalue weighted by Gasteiger charge is 2.00. The Hall–Kier alpha value is -1.02. The van der Waals surface area contributed by atoms with Gasteiger partial charge < -0.3 is 5.73 Å². The normalized spacial score (nSPS) is 10.0. The summed E-state index contributed by atoms with van der Waals surface area (Å²) in [5, 5.41) is 12.4. The van der Waals surface area contributed by atoms with Gasteiger partial charge in [0.1, 0.15) is 0 Å². The summed E-state index contributed by atoms with van der Waals surface area (Å²) in [6, 6.07) is 2.13. The minimum atomic E-state index is 0.530. The molecule has 0 spiro atoms. The van der Waals surface area contributed by atoms with Crippen molar-refractivity contribution in [2.24, 2.45) is 0 Å². The molecule has 0 unspecified atom stereocenters. The number of nitrogens with two attached hydrogens (primary N) is 1. The largest absolute Gasteiger partial charge is 0.381 e. The molecule has 2 N–H and O–H groups in total. The van der Waals surface area contributed by atoms with E-state index in [9.17, 15) is 0 Å². The van der Waals surface area contributed by atoms with Gasteiger partial charge in [0.25, 0.3) is 0 Å². The summed E-state index contributed by atoms with van der Waals surface area (Å²) in [4.78, 5) is 0. The Balaban J connectivity index is 2.22. The Morgan fingerprint density at radius 3 is 2.86 bits per heavy atom. The van der Waals surface area contributed by atoms with Crippen LogP contribution in [0.3, 0.4) is 0 Å². The molecule has 5 heteroatoms. The van der Waals surface area contributed by atoms with E-state index < -0.39 is 0 Å². The summed E-state index contributed by atoms with van der Waals surface area (Å²) in [5.41, 5.74) is 5.57. The summed E-state index contributed by atoms with van der Waals surface area (Å²) in [6.45, 7) is 0.862. The van der Waals surface area contributed by atoms with Crippen LogP contribution in [-0.2, 0) is 6.54 Å². The zero-order chi connectivity index (χ0) is 10.4. The van der Waals surface area contributed by atoms with Gasteiger partial charge in [-0.2, -0.15) is 10.4 Å². The molecule has 0 atom stereocenters. The molecule has 0 fully saturated rings. The summed E-state index contributed by atoms with van der Waals surface area (Å²) >= 11 is 3.30. The van der Waals surface area contributed by atoms with E-state index in [1.165, 1.54) is 0 Å². The summed E-state index contributed by atoms with van der Waals surface area (Å²) in [5.74, 6) is 0.530. The number of aromatic nitrogens is 2. The first-order chi connectivity index (χ1) is 6.74. The van der Waals surface area contributed by atoms with E-state index >= 15 is 0 Å². The fraction of sp³-hybridized carbons (Fsp3) is 0.556. The van der Waals surface area contributed by atoms with Crippen LogP contribution in [0.5, 0.6) is 0 Å². The molecule has 4 nitrogen and oxygen atoms in total. The predicted molar refractivity (Wildman–Crippen MR) is 58.4 cm³/mol. The van der Waals surface area contributed by atoms with Crippen molar-refractivity contribution in [3.05, 3.63) is 10.7 Å². The fourth-order valence-corrected chi connectivity index (χ4v) is 1.50. The highest BCUT2D eigenvalue weighted by molar-refractivity contribution is 9.10. The highest BCUT2D eigenvalue weighted by atomic mass is 79.9. The Bertz CT molecular complexity index is 307. The second-order valence-corrected chi connectivity index (χ2v) is 3.95. The third-order valence-corrected chi connectivity index (χ3v) is 2.53. The first-order valence-corrected chi connectivity index (χ1v) is 5.38. The number of aryl methyl sites for hydroxylation is 1. The molecule has 0 saturated heterocycles. The van der Waals surface area contributed by atoms with Gasteiger partial charge in [-0.25, -0.2) is 0 Å². The molecule has 14 heavy (non-hydrogen) atoms. The number of halogens is 1. The van der Waals surface area contributed by atoms with Crippen LogP contribution in [0, 0.1) is 11.3 Å². The molecular formula is C9H13BrN4. The second kappa shape index (κ2) is 5.66. The number of nitriles is 1. The van der Waals surface area contributed by atoms with Crippen LogP contribution in [0.2, 0.25) is 0 Å². The van der Waals surface area contributed by atoms with Gasteiger partial charge >= 0.3 is 0 Å². The molecule has 1 aromatic rings. The van der Waals surface area contributed by atoms with Crippen LogP contribution in [0.4, 0.5) is 5.82 Å². The van der Waals surface area contributed by atoms with E-state index in [2.05, 4.69) is 27.1 Å². The molecule has 0 aliphatic rings. The van der Waals surface area contributed by atoms with Gasteiger partial charge in [-0.1, -0.05) is 6.42 Å². The molecule has 0 aliphatic heterocycles. The van der Waals surface area contributed by atoms with Crippen LogP contribution in [0.25, 0.3) is 0 Å². The van der Waals surface area contributed by atoms with Crippen LogP contribution >= 0.6 is 15.9 Å². The molecule has 0 aromatic carbocycles. The average Bonchev–Trinajstić information content (AvgIpc) is 2.46. The molecular weight excluding hydrogens is 244 g/mol. The zero-order valence-electron chi connectivity index (χ0n) is 7.91. The van der Waals surface area contributed by atoms with Gasteiger partial charge in [0, 0.05) is 19.2 Å². The van der Waals surface area contributed by atoms with Crippen molar-refractivity contribution in [1.29, 1.82) is 5.26 Å². The first-order valence-electron chi connectivity index (χ1n) is 4.59. The molecule has 1 rings (SSSR count). The van der Waals surface area contributed by atoms with Gasteiger partial charge in [0.05, 0.1) is 10.5 Å². The van der Waals surface area contributed by atoms with E-state index in [1.54, 1.807) is 0 Å². The minimum Gasteiger partial charge on any atom is -0.381 e. The first kappa shape index (κ1) is 11.1. The maximum absolute atomic E-state index is 8.33. The smallest absolute Gasteiger partial charge is 0.159 e. The van der Waals surface area contributed by atoms with E-state index in [4.69, 9.17) is 11.0 Å². The van der Waals surface area contributed by atoms with Crippen LogP contribution in [-0.4, -0.2) is 9.78 Å². The van der Waals surface area contributed by atoms with Gasteiger partial charge in [-0.05, 0) is 28.8 Å². The Morgan fingerprint density at radius 1 is 1.50 bits per heavy atom. The number of nitrogens with zero attached hydrogens (tertiary/aromatic N) is 3. The van der Waals surface area contributed by atoms with Crippen molar-refractivity contribution in [1.82, 2.24) is 9.78 Å². The summed E-state index contributed by atoms with van der Waals surface area (Å²) in [6.07, 6.45) is 5.58. The lowest BCUT2D eigenvalue weighted by atomic mass is 10.2. The van der Waals surface area contributed by atoms with Gasteiger partial charge in [-0.15, -0.1) is 0 Å². The number of unbranched alkanes of at least 4 members (excludes halogenated alkanes) is 3. The Labute approximate surface area is 91.8 Å². The van der Waals surface area contributed by atoms with E-state index in [0.717, 1.165) is 30.3 Å². The number of nitrogen functional groups attached to an aromatic ring is 1. The number of hydrogen-bond acceptors (Lipinski definition) is 3. The molecule has 1 heterocycles. The maximum Gasteiger partial charge on any atom is 0.159 e. The molecule has 0 bridgehead atoms. The topological polar surface area (TPSA) is 67.6 Å². The van der Waals surface area contributed by atoms with Crippen LogP contribution in [0.15, 0.2) is 10.7 Å². The molecule has 0 aliphatic carbocycles. The van der Waals surface area contributed by atoms with Crippen molar-refractivity contribution in [3.8, 4) is 6.07 Å². The molecule has 0 radical (unpaired) electrons. The van der Waals surface area contributed by atoms with Crippen molar-refractivity contribution in [2.75, 3.05) is 5.73 Å². The number of anilines is 1. The predicted octanol–water partition coefficient (Wildman–Crippen LogP) is 2.31. The lowest BCUT2D eigenvalue weighted by Gasteiger charge is -1.99. The molecule has 0 saturated carbocycles. The van der Waals surface area contributed by atoms with E-state index in [1.807, 2.05) is 10.9 Å². The third-order valence-electron chi connectivity index (χ3n) is 1.92. The number of rotatable bonds is 5.